The highest BCUT2D eigenvalue weighted by Gasteiger charge is 2.06. The Hall–Kier alpha value is -1.46. The highest BCUT2D eigenvalue weighted by Crippen LogP contribution is 2.16. The maximum absolute atomic E-state index is 4.65. The van der Waals surface area contributed by atoms with Crippen LogP contribution in [0.5, 0.6) is 0 Å². The van der Waals surface area contributed by atoms with Crippen LogP contribution in [0.15, 0.2) is 41.1 Å². The molecule has 2 rings (SSSR count). The molecule has 112 valence electrons. The molecule has 0 aliphatic rings. The molecule has 0 spiro atoms. The molecule has 0 amide bonds. The zero-order valence-corrected chi connectivity index (χ0v) is 14.3. The van der Waals surface area contributed by atoms with E-state index in [9.17, 15) is 0 Å². The second-order valence-corrected chi connectivity index (χ2v) is 6.31. The topological polar surface area (TPSA) is 41.1 Å². The molecule has 4 nitrogen and oxygen atoms in total. The quantitative estimate of drug-likeness (QED) is 0.868. The summed E-state index contributed by atoms with van der Waals surface area (Å²) >= 11 is 3.50. The van der Waals surface area contributed by atoms with Crippen LogP contribution in [0, 0.1) is 0 Å². The number of hydrogen-bond donors (Lipinski definition) is 1. The summed E-state index contributed by atoms with van der Waals surface area (Å²) < 4.78 is 1.09. The van der Waals surface area contributed by atoms with E-state index >= 15 is 0 Å². The van der Waals surface area contributed by atoms with Crippen molar-refractivity contribution in [1.82, 2.24) is 15.3 Å². The standard InChI is InChI=1S/C16H21BrN4/c1-12(2)19-9-15-8-18-10-16(20-15)21(3)11-13-5-4-6-14(17)7-13/h4-8,10,12,19H,9,11H2,1-3H3. The average Bonchev–Trinajstić information content (AvgIpc) is 2.45. The molecule has 21 heavy (non-hydrogen) atoms. The van der Waals surface area contributed by atoms with E-state index < -0.39 is 0 Å². The van der Waals surface area contributed by atoms with Crippen molar-refractivity contribution in [3.63, 3.8) is 0 Å². The predicted octanol–water partition coefficient (Wildman–Crippen LogP) is 3.37. The molecule has 1 aromatic heterocycles. The molecule has 0 unspecified atom stereocenters. The Morgan fingerprint density at radius 2 is 2.10 bits per heavy atom. The van der Waals surface area contributed by atoms with E-state index in [0.717, 1.165) is 29.1 Å². The minimum absolute atomic E-state index is 0.440. The molecule has 0 aliphatic carbocycles. The van der Waals surface area contributed by atoms with E-state index in [1.165, 1.54) is 5.56 Å². The first kappa shape index (κ1) is 15.9. The van der Waals surface area contributed by atoms with Crippen LogP contribution < -0.4 is 10.2 Å². The van der Waals surface area contributed by atoms with Gasteiger partial charge in [0.1, 0.15) is 5.82 Å². The van der Waals surface area contributed by atoms with Gasteiger partial charge in [-0.2, -0.15) is 0 Å². The van der Waals surface area contributed by atoms with Gasteiger partial charge in [-0.05, 0) is 17.7 Å². The van der Waals surface area contributed by atoms with Crippen LogP contribution in [0.25, 0.3) is 0 Å². The summed E-state index contributed by atoms with van der Waals surface area (Å²) in [5.41, 5.74) is 2.20. The van der Waals surface area contributed by atoms with E-state index in [4.69, 9.17) is 0 Å². The van der Waals surface area contributed by atoms with E-state index in [1.54, 1.807) is 6.20 Å². The lowest BCUT2D eigenvalue weighted by Gasteiger charge is -2.19. The maximum Gasteiger partial charge on any atom is 0.147 e. The van der Waals surface area contributed by atoms with Crippen LogP contribution in [0.4, 0.5) is 5.82 Å². The van der Waals surface area contributed by atoms with Crippen molar-refractivity contribution in [3.8, 4) is 0 Å². The molecule has 0 aliphatic heterocycles. The van der Waals surface area contributed by atoms with Gasteiger partial charge in [-0.1, -0.05) is 41.9 Å². The summed E-state index contributed by atoms with van der Waals surface area (Å²) in [6, 6.07) is 8.74. The van der Waals surface area contributed by atoms with Crippen molar-refractivity contribution in [3.05, 3.63) is 52.4 Å². The fourth-order valence-corrected chi connectivity index (χ4v) is 2.41. The molecule has 1 aromatic carbocycles. The van der Waals surface area contributed by atoms with Crippen molar-refractivity contribution in [2.45, 2.75) is 33.0 Å². The lowest BCUT2D eigenvalue weighted by Crippen LogP contribution is -2.23. The number of anilines is 1. The van der Waals surface area contributed by atoms with Gasteiger partial charge < -0.3 is 10.2 Å². The Morgan fingerprint density at radius 3 is 2.81 bits per heavy atom. The molecule has 0 atom stereocenters. The van der Waals surface area contributed by atoms with E-state index in [0.29, 0.717) is 6.04 Å². The molecular formula is C16H21BrN4. The van der Waals surface area contributed by atoms with Crippen LogP contribution in [0.2, 0.25) is 0 Å². The molecule has 0 fully saturated rings. The number of rotatable bonds is 6. The van der Waals surface area contributed by atoms with Crippen LogP contribution in [0.3, 0.4) is 0 Å². The molecule has 1 heterocycles. The minimum atomic E-state index is 0.440. The van der Waals surface area contributed by atoms with Crippen molar-refractivity contribution in [2.24, 2.45) is 0 Å². The fourth-order valence-electron chi connectivity index (χ4n) is 1.96. The molecule has 1 N–H and O–H groups in total. The lowest BCUT2D eigenvalue weighted by molar-refractivity contribution is 0.580. The number of halogens is 1. The smallest absolute Gasteiger partial charge is 0.147 e. The molecular weight excluding hydrogens is 328 g/mol. The van der Waals surface area contributed by atoms with Gasteiger partial charge in [-0.25, -0.2) is 4.98 Å². The molecule has 2 aromatic rings. The highest BCUT2D eigenvalue weighted by molar-refractivity contribution is 9.10. The summed E-state index contributed by atoms with van der Waals surface area (Å²) in [5, 5.41) is 3.36. The number of aromatic nitrogens is 2. The van der Waals surface area contributed by atoms with E-state index in [2.05, 4.69) is 62.1 Å². The normalized spacial score (nSPS) is 10.9. The SMILES string of the molecule is CC(C)NCc1cncc(N(C)Cc2cccc(Br)c2)n1. The Labute approximate surface area is 134 Å². The third-order valence-corrected chi connectivity index (χ3v) is 3.56. The van der Waals surface area contributed by atoms with Crippen LogP contribution >= 0.6 is 15.9 Å². The summed E-state index contributed by atoms with van der Waals surface area (Å²) in [7, 11) is 2.03. The largest absolute Gasteiger partial charge is 0.354 e. The second-order valence-electron chi connectivity index (χ2n) is 5.39. The molecule has 0 saturated heterocycles. The first-order chi connectivity index (χ1) is 10.0. The number of benzene rings is 1. The van der Waals surface area contributed by atoms with Gasteiger partial charge in [-0.3, -0.25) is 4.98 Å². The lowest BCUT2D eigenvalue weighted by atomic mass is 10.2. The number of hydrogen-bond acceptors (Lipinski definition) is 4. The van der Waals surface area contributed by atoms with Gasteiger partial charge in [0, 0.05) is 36.8 Å². The van der Waals surface area contributed by atoms with Gasteiger partial charge in [0.25, 0.3) is 0 Å². The minimum Gasteiger partial charge on any atom is -0.354 e. The zero-order valence-electron chi connectivity index (χ0n) is 12.7. The third-order valence-electron chi connectivity index (χ3n) is 3.06. The van der Waals surface area contributed by atoms with Gasteiger partial charge in [0.2, 0.25) is 0 Å². The predicted molar refractivity (Wildman–Crippen MR) is 90.3 cm³/mol. The monoisotopic (exact) mass is 348 g/mol. The number of nitrogens with one attached hydrogen (secondary N) is 1. The number of nitrogens with zero attached hydrogens (tertiary/aromatic N) is 3. The summed E-state index contributed by atoms with van der Waals surface area (Å²) in [4.78, 5) is 11.0. The maximum atomic E-state index is 4.65. The van der Waals surface area contributed by atoms with Crippen LogP contribution in [0.1, 0.15) is 25.1 Å². The summed E-state index contributed by atoms with van der Waals surface area (Å²) in [5.74, 6) is 0.887. The van der Waals surface area contributed by atoms with Crippen LogP contribution in [-0.4, -0.2) is 23.1 Å². The van der Waals surface area contributed by atoms with Gasteiger partial charge in [0.15, 0.2) is 0 Å². The molecule has 5 heteroatoms. The highest BCUT2D eigenvalue weighted by atomic mass is 79.9. The van der Waals surface area contributed by atoms with E-state index in [-0.39, 0.29) is 0 Å². The Balaban J connectivity index is 2.05. The zero-order chi connectivity index (χ0) is 15.2. The van der Waals surface area contributed by atoms with Crippen LogP contribution in [-0.2, 0) is 13.1 Å². The first-order valence-corrected chi connectivity index (χ1v) is 7.84. The molecule has 0 saturated carbocycles. The molecule has 0 radical (unpaired) electrons. The fraction of sp³-hybridized carbons (Fsp3) is 0.375. The second kappa shape index (κ2) is 7.52. The van der Waals surface area contributed by atoms with Crippen molar-refractivity contribution >= 4 is 21.7 Å². The molecule has 0 bridgehead atoms. The first-order valence-electron chi connectivity index (χ1n) is 7.04. The van der Waals surface area contributed by atoms with Crippen molar-refractivity contribution in [2.75, 3.05) is 11.9 Å². The van der Waals surface area contributed by atoms with Gasteiger partial charge >= 0.3 is 0 Å². The van der Waals surface area contributed by atoms with Crippen molar-refractivity contribution < 1.29 is 0 Å². The van der Waals surface area contributed by atoms with Crippen molar-refractivity contribution in [1.29, 1.82) is 0 Å². The summed E-state index contributed by atoms with van der Waals surface area (Å²) in [6.07, 6.45) is 3.61. The van der Waals surface area contributed by atoms with E-state index in [1.807, 2.05) is 25.4 Å². The Bertz CT molecular complexity index is 586. The van der Waals surface area contributed by atoms with Gasteiger partial charge in [0.05, 0.1) is 11.9 Å². The Kier molecular flexibility index (Phi) is 5.70. The third kappa shape index (κ3) is 5.10. The summed E-state index contributed by atoms with van der Waals surface area (Å²) in [6.45, 7) is 5.78. The Morgan fingerprint density at radius 1 is 1.29 bits per heavy atom. The van der Waals surface area contributed by atoms with Gasteiger partial charge in [-0.15, -0.1) is 0 Å². The average molecular weight is 349 g/mol.